The number of ether oxygens (including phenoxy) is 13. The normalized spacial score (nSPS) is 27.1. The number of nitrogens with one attached hydrogen (secondary N) is 1. The van der Waals surface area contributed by atoms with Crippen LogP contribution < -0.4 is 5.32 Å². The van der Waals surface area contributed by atoms with Crippen molar-refractivity contribution in [2.24, 2.45) is 0 Å². The van der Waals surface area contributed by atoms with E-state index in [9.17, 15) is 9.90 Å². The lowest BCUT2D eigenvalue weighted by atomic mass is 9.94. The van der Waals surface area contributed by atoms with Crippen molar-refractivity contribution in [3.05, 3.63) is 264 Å². The molecule has 16 nitrogen and oxygen atoms in total. The fourth-order valence-corrected chi connectivity index (χ4v) is 11.2. The molecule has 0 saturated carbocycles. The molecule has 3 aliphatic heterocycles. The molecule has 3 heterocycles. The fourth-order valence-electron chi connectivity index (χ4n) is 11.2. The quantitative estimate of drug-likeness (QED) is 0.0394. The molecule has 0 spiro atoms. The van der Waals surface area contributed by atoms with Crippen molar-refractivity contribution in [2.45, 2.75) is 152 Å². The summed E-state index contributed by atoms with van der Waals surface area (Å²) in [6.45, 7) is 8.54. The summed E-state index contributed by atoms with van der Waals surface area (Å²) in [6, 6.07) is 67.5. The van der Waals surface area contributed by atoms with Crippen LogP contribution >= 0.6 is 0 Å². The van der Waals surface area contributed by atoms with Crippen LogP contribution in [0.5, 0.6) is 0 Å². The molecule has 2 N–H and O–H groups in total. The van der Waals surface area contributed by atoms with E-state index in [1.165, 1.54) is 6.92 Å². The van der Waals surface area contributed by atoms with Crippen LogP contribution in [0.25, 0.3) is 0 Å². The summed E-state index contributed by atoms with van der Waals surface area (Å²) in [5, 5.41) is 15.4. The average molecular weight is 1200 g/mol. The number of amides is 1. The van der Waals surface area contributed by atoms with Gasteiger partial charge in [-0.2, -0.15) is 0 Å². The van der Waals surface area contributed by atoms with Crippen molar-refractivity contribution in [1.82, 2.24) is 5.32 Å². The molecule has 0 bridgehead atoms. The summed E-state index contributed by atoms with van der Waals surface area (Å²) in [4.78, 5) is 13.7. The van der Waals surface area contributed by atoms with Gasteiger partial charge >= 0.3 is 0 Å². The van der Waals surface area contributed by atoms with Crippen molar-refractivity contribution < 1.29 is 71.5 Å². The first-order valence-electron chi connectivity index (χ1n) is 30.2. The number of benzene rings is 7. The predicted octanol–water partition coefficient (Wildman–Crippen LogP) is 10.4. The van der Waals surface area contributed by atoms with Crippen LogP contribution in [0.4, 0.5) is 0 Å². The topological polar surface area (TPSA) is 169 Å². The van der Waals surface area contributed by atoms with Gasteiger partial charge in [0.25, 0.3) is 0 Å². The van der Waals surface area contributed by atoms with E-state index in [0.717, 1.165) is 38.9 Å². The van der Waals surface area contributed by atoms with Gasteiger partial charge in [-0.15, -0.1) is 6.58 Å². The highest BCUT2D eigenvalue weighted by Crippen LogP contribution is 2.38. The lowest BCUT2D eigenvalue weighted by molar-refractivity contribution is -0.388. The Kier molecular flexibility index (Phi) is 24.6. The van der Waals surface area contributed by atoms with E-state index < -0.39 is 92.1 Å². The number of carbonyl (C=O) groups is 1. The van der Waals surface area contributed by atoms with Gasteiger partial charge in [0.15, 0.2) is 18.9 Å². The number of rotatable bonds is 31. The monoisotopic (exact) mass is 1200 g/mol. The average Bonchev–Trinajstić information content (AvgIpc) is 0.992. The van der Waals surface area contributed by atoms with Gasteiger partial charge in [0.1, 0.15) is 67.1 Å². The Hall–Kier alpha value is -6.81. The molecule has 88 heavy (non-hydrogen) atoms. The zero-order valence-electron chi connectivity index (χ0n) is 49.9. The van der Waals surface area contributed by atoms with Gasteiger partial charge in [0.05, 0.1) is 72.2 Å². The van der Waals surface area contributed by atoms with Gasteiger partial charge in [-0.3, -0.25) is 4.79 Å². The maximum Gasteiger partial charge on any atom is 0.217 e. The predicted molar refractivity (Wildman–Crippen MR) is 328 cm³/mol. The van der Waals surface area contributed by atoms with Gasteiger partial charge < -0.3 is 72.0 Å². The van der Waals surface area contributed by atoms with E-state index in [-0.39, 0.29) is 72.0 Å². The Morgan fingerprint density at radius 3 is 1.17 bits per heavy atom. The molecular weight excluding hydrogens is 1120 g/mol. The largest absolute Gasteiger partial charge is 0.374 e. The molecule has 1 amide bonds. The molecule has 0 radical (unpaired) electrons. The summed E-state index contributed by atoms with van der Waals surface area (Å²) in [6.07, 6.45) is -12.9. The van der Waals surface area contributed by atoms with Crippen molar-refractivity contribution >= 4 is 5.91 Å². The van der Waals surface area contributed by atoms with E-state index in [1.807, 2.05) is 219 Å². The molecule has 3 saturated heterocycles. The van der Waals surface area contributed by atoms with Crippen molar-refractivity contribution in [1.29, 1.82) is 0 Å². The minimum absolute atomic E-state index is 0.0416. The summed E-state index contributed by atoms with van der Waals surface area (Å²) in [7, 11) is 0. The highest BCUT2D eigenvalue weighted by Gasteiger charge is 2.56. The standard InChI is InChI=1S/C72H81NO15/c1-4-40-78-63-59(48-76-41-52-26-12-5-13-27-52)85-71(61(73-51(3)74)65(63)80-44-55-32-18-8-19-33-55)87-64-60(49-77-42-53-28-14-6-15-29-53)86-72(69(83-47-58-38-24-11-25-39-58)67(64)82-46-57-36-22-10-23-37-57)88-68-66(81-45-56-34-20-9-21-35-56)62(50(2)84-70(68)75)79-43-54-30-16-7-17-31-54/h4-39,50,59-72,75H,1,40-49H2,2-3H3,(H,73,74)/t50-,59+,60+,61-,62-,63+,64+,65+,66+,67-,68+,69+,70+,71-,72-/m0/s1. The number of aliphatic hydroxyl groups is 1. The summed E-state index contributed by atoms with van der Waals surface area (Å²) in [5.41, 5.74) is 6.33. The van der Waals surface area contributed by atoms with E-state index in [2.05, 4.69) is 11.9 Å². The van der Waals surface area contributed by atoms with Crippen LogP contribution in [0.1, 0.15) is 52.8 Å². The molecule has 7 aromatic rings. The molecule has 0 unspecified atom stereocenters. The Balaban J connectivity index is 1.06. The molecule has 10 rings (SSSR count). The third-order valence-electron chi connectivity index (χ3n) is 15.6. The minimum atomic E-state index is -1.53. The molecule has 0 aromatic heterocycles. The van der Waals surface area contributed by atoms with Gasteiger partial charge in [0.2, 0.25) is 5.91 Å². The molecule has 0 aliphatic carbocycles. The molecule has 7 aromatic carbocycles. The van der Waals surface area contributed by atoms with E-state index in [0.29, 0.717) is 0 Å². The molecule has 464 valence electrons. The first-order valence-corrected chi connectivity index (χ1v) is 30.2. The van der Waals surface area contributed by atoms with Crippen LogP contribution in [0.3, 0.4) is 0 Å². The van der Waals surface area contributed by atoms with Crippen LogP contribution in [-0.4, -0.2) is 123 Å². The Bertz CT molecular complexity index is 3090. The third-order valence-corrected chi connectivity index (χ3v) is 15.6. The van der Waals surface area contributed by atoms with Crippen molar-refractivity contribution in [3.8, 4) is 0 Å². The first kappa shape index (κ1) is 64.2. The second-order valence-corrected chi connectivity index (χ2v) is 22.1. The number of hydrogen-bond donors (Lipinski definition) is 2. The maximum absolute atomic E-state index is 13.7. The Morgan fingerprint density at radius 1 is 0.420 bits per heavy atom. The van der Waals surface area contributed by atoms with Crippen LogP contribution in [0.2, 0.25) is 0 Å². The summed E-state index contributed by atoms with van der Waals surface area (Å²) in [5.74, 6) is -0.369. The highest BCUT2D eigenvalue weighted by atomic mass is 16.8. The SMILES string of the molecule is C=CCO[C@H]1[C@H](OCc2ccccc2)[C@H](NC(C)=O)[C@H](O[C@H]2[C@H](OCc3ccccc3)[C@@H](OCc3ccccc3)[C@H](O[C@@H]3[C@H](OCc4ccccc4)[C@@H](OCc4ccccc4)[C@H](C)O[C@H]3O)O[C@@H]2COCc2ccccc2)O[C@@H]1COCc1ccccc1. The molecule has 16 heteroatoms. The van der Waals surface area contributed by atoms with Gasteiger partial charge in [0, 0.05) is 6.92 Å². The molecule has 15 atom stereocenters. The zero-order chi connectivity index (χ0) is 60.7. The number of hydrogen-bond acceptors (Lipinski definition) is 15. The Labute approximate surface area is 516 Å². The van der Waals surface area contributed by atoms with Crippen molar-refractivity contribution in [3.63, 3.8) is 0 Å². The summed E-state index contributed by atoms with van der Waals surface area (Å²) < 4.78 is 90.1. The van der Waals surface area contributed by atoms with E-state index >= 15 is 0 Å². The lowest BCUT2D eigenvalue weighted by Gasteiger charge is -2.51. The van der Waals surface area contributed by atoms with E-state index in [4.69, 9.17) is 61.6 Å². The fraction of sp³-hybridized carbons (Fsp3) is 0.375. The number of aliphatic hydroxyl groups excluding tert-OH is 1. The van der Waals surface area contributed by atoms with E-state index in [1.54, 1.807) is 6.08 Å². The molecule has 3 aliphatic rings. The van der Waals surface area contributed by atoms with Gasteiger partial charge in [-0.25, -0.2) is 0 Å². The smallest absolute Gasteiger partial charge is 0.217 e. The first-order chi connectivity index (χ1) is 43.3. The maximum atomic E-state index is 13.7. The van der Waals surface area contributed by atoms with Crippen LogP contribution in [0.15, 0.2) is 225 Å². The van der Waals surface area contributed by atoms with Gasteiger partial charge in [-0.1, -0.05) is 218 Å². The molecule has 3 fully saturated rings. The molecular formula is C72H81NO15. The van der Waals surface area contributed by atoms with Crippen molar-refractivity contribution in [2.75, 3.05) is 19.8 Å². The van der Waals surface area contributed by atoms with Gasteiger partial charge in [-0.05, 0) is 45.9 Å². The zero-order valence-corrected chi connectivity index (χ0v) is 49.9. The third kappa shape index (κ3) is 18.4. The minimum Gasteiger partial charge on any atom is -0.374 e. The highest BCUT2D eigenvalue weighted by molar-refractivity contribution is 5.73. The lowest BCUT2D eigenvalue weighted by Crippen LogP contribution is -2.69. The van der Waals surface area contributed by atoms with Crippen LogP contribution in [-0.2, 0) is 113 Å². The number of carbonyl (C=O) groups excluding carboxylic acids is 1. The second kappa shape index (κ2) is 33.7. The summed E-state index contributed by atoms with van der Waals surface area (Å²) >= 11 is 0. The Morgan fingerprint density at radius 2 is 0.761 bits per heavy atom. The van der Waals surface area contributed by atoms with Crippen LogP contribution in [0, 0.1) is 0 Å². The second-order valence-electron chi connectivity index (χ2n) is 22.1.